The first-order chi connectivity index (χ1) is 5.16. The van der Waals surface area contributed by atoms with Crippen molar-refractivity contribution >= 4 is 12.0 Å². The number of terminal acetylenes is 1. The second kappa shape index (κ2) is 2.62. The third kappa shape index (κ3) is 1.49. The first kappa shape index (κ1) is 7.61. The number of carbonyl (C=O) groups is 2. The van der Waals surface area contributed by atoms with Gasteiger partial charge in [0.1, 0.15) is 0 Å². The van der Waals surface area contributed by atoms with Gasteiger partial charge in [0.15, 0.2) is 0 Å². The van der Waals surface area contributed by atoms with Crippen molar-refractivity contribution in [3.63, 3.8) is 0 Å². The SMILES string of the molecule is C#CC(=O)N(C(=O)O)C1CC1. The molecule has 58 valence electrons. The molecule has 2 amide bonds. The van der Waals surface area contributed by atoms with Gasteiger partial charge in [-0.25, -0.2) is 9.69 Å². The molecular formula is C7H7NO3. The van der Waals surface area contributed by atoms with Gasteiger partial charge in [-0.05, 0) is 18.8 Å². The lowest BCUT2D eigenvalue weighted by Gasteiger charge is -2.11. The van der Waals surface area contributed by atoms with E-state index in [1.54, 1.807) is 5.92 Å². The van der Waals surface area contributed by atoms with Gasteiger partial charge in [0.2, 0.25) is 0 Å². The molecule has 0 aromatic rings. The third-order valence-corrected chi connectivity index (χ3v) is 1.46. The molecule has 0 saturated heterocycles. The van der Waals surface area contributed by atoms with Crippen molar-refractivity contribution < 1.29 is 14.7 Å². The molecule has 11 heavy (non-hydrogen) atoms. The van der Waals surface area contributed by atoms with Crippen molar-refractivity contribution in [2.75, 3.05) is 0 Å². The van der Waals surface area contributed by atoms with E-state index < -0.39 is 12.0 Å². The van der Waals surface area contributed by atoms with Crippen LogP contribution in [-0.2, 0) is 4.79 Å². The molecular weight excluding hydrogens is 146 g/mol. The Morgan fingerprint density at radius 3 is 2.36 bits per heavy atom. The summed E-state index contributed by atoms with van der Waals surface area (Å²) >= 11 is 0. The van der Waals surface area contributed by atoms with Crippen LogP contribution in [0.2, 0.25) is 0 Å². The van der Waals surface area contributed by atoms with E-state index in [1.807, 2.05) is 0 Å². The number of imide groups is 1. The Balaban J connectivity index is 2.67. The Bertz CT molecular complexity index is 237. The van der Waals surface area contributed by atoms with Gasteiger partial charge in [-0.1, -0.05) is 0 Å². The van der Waals surface area contributed by atoms with Crippen LogP contribution in [0, 0.1) is 12.3 Å². The average Bonchev–Trinajstić information content (AvgIpc) is 2.71. The zero-order valence-corrected chi connectivity index (χ0v) is 5.78. The molecule has 0 atom stereocenters. The minimum Gasteiger partial charge on any atom is -0.465 e. The Kier molecular flexibility index (Phi) is 1.81. The van der Waals surface area contributed by atoms with Gasteiger partial charge in [-0.2, -0.15) is 0 Å². The molecule has 0 bridgehead atoms. The summed E-state index contributed by atoms with van der Waals surface area (Å²) in [6.45, 7) is 0. The van der Waals surface area contributed by atoms with Gasteiger partial charge >= 0.3 is 12.0 Å². The van der Waals surface area contributed by atoms with Crippen LogP contribution in [0.5, 0.6) is 0 Å². The van der Waals surface area contributed by atoms with Crippen LogP contribution in [0.25, 0.3) is 0 Å². The predicted molar refractivity (Wildman–Crippen MR) is 36.7 cm³/mol. The summed E-state index contributed by atoms with van der Waals surface area (Å²) in [5, 5.41) is 8.49. The van der Waals surface area contributed by atoms with E-state index in [1.165, 1.54) is 0 Å². The lowest BCUT2D eigenvalue weighted by atomic mass is 10.5. The van der Waals surface area contributed by atoms with Crippen LogP contribution >= 0.6 is 0 Å². The largest absolute Gasteiger partial charge is 0.465 e. The molecule has 4 heteroatoms. The van der Waals surface area contributed by atoms with E-state index in [9.17, 15) is 9.59 Å². The van der Waals surface area contributed by atoms with E-state index >= 15 is 0 Å². The summed E-state index contributed by atoms with van der Waals surface area (Å²) in [6, 6.07) is -0.170. The highest BCUT2D eigenvalue weighted by Gasteiger charge is 2.36. The number of hydrogen-bond acceptors (Lipinski definition) is 2. The number of carboxylic acid groups (broad SMARTS) is 1. The Morgan fingerprint density at radius 1 is 1.55 bits per heavy atom. The van der Waals surface area contributed by atoms with Gasteiger partial charge in [-0.15, -0.1) is 6.42 Å². The van der Waals surface area contributed by atoms with Crippen LogP contribution in [0.4, 0.5) is 4.79 Å². The van der Waals surface area contributed by atoms with Crippen LogP contribution in [0.1, 0.15) is 12.8 Å². The summed E-state index contributed by atoms with van der Waals surface area (Å²) in [4.78, 5) is 21.8. The molecule has 0 aromatic carbocycles. The summed E-state index contributed by atoms with van der Waals surface area (Å²) in [5.74, 6) is 1.01. The van der Waals surface area contributed by atoms with E-state index in [2.05, 4.69) is 0 Å². The normalized spacial score (nSPS) is 15.2. The maximum Gasteiger partial charge on any atom is 0.415 e. The fraction of sp³-hybridized carbons (Fsp3) is 0.429. The maximum absolute atomic E-state index is 10.7. The zero-order chi connectivity index (χ0) is 8.43. The topological polar surface area (TPSA) is 57.6 Å². The zero-order valence-electron chi connectivity index (χ0n) is 5.78. The summed E-state index contributed by atoms with van der Waals surface area (Å²) in [6.07, 6.45) is 4.99. The van der Waals surface area contributed by atoms with Crippen LogP contribution < -0.4 is 0 Å². The number of carbonyl (C=O) groups excluding carboxylic acids is 1. The molecule has 1 aliphatic rings. The highest BCUT2D eigenvalue weighted by Crippen LogP contribution is 2.26. The average molecular weight is 153 g/mol. The molecule has 1 aliphatic carbocycles. The molecule has 0 aliphatic heterocycles. The highest BCUT2D eigenvalue weighted by molar-refractivity contribution is 6.02. The quantitative estimate of drug-likeness (QED) is 0.551. The number of amides is 2. The van der Waals surface area contributed by atoms with Gasteiger partial charge in [-0.3, -0.25) is 4.79 Å². The number of nitrogens with zero attached hydrogens (tertiary/aromatic N) is 1. The standard InChI is InChI=1S/C7H7NO3/c1-2-6(9)8(7(10)11)5-3-4-5/h1,5H,3-4H2,(H,10,11). The number of hydrogen-bond donors (Lipinski definition) is 1. The van der Waals surface area contributed by atoms with Crippen molar-refractivity contribution in [3.05, 3.63) is 0 Å². The molecule has 1 saturated carbocycles. The monoisotopic (exact) mass is 153 g/mol. The minimum absolute atomic E-state index is 0.170. The van der Waals surface area contributed by atoms with Crippen molar-refractivity contribution in [3.8, 4) is 12.3 Å². The van der Waals surface area contributed by atoms with E-state index in [0.717, 1.165) is 12.8 Å². The maximum atomic E-state index is 10.7. The lowest BCUT2D eigenvalue weighted by Crippen LogP contribution is -2.36. The first-order valence-corrected chi connectivity index (χ1v) is 3.19. The highest BCUT2D eigenvalue weighted by atomic mass is 16.4. The van der Waals surface area contributed by atoms with Gasteiger partial charge < -0.3 is 5.11 Å². The molecule has 1 fully saturated rings. The van der Waals surface area contributed by atoms with E-state index in [-0.39, 0.29) is 6.04 Å². The number of rotatable bonds is 1. The molecule has 0 heterocycles. The second-order valence-corrected chi connectivity index (χ2v) is 2.33. The summed E-state index contributed by atoms with van der Waals surface area (Å²) < 4.78 is 0. The smallest absolute Gasteiger partial charge is 0.415 e. The summed E-state index contributed by atoms with van der Waals surface area (Å²) in [5.41, 5.74) is 0. The van der Waals surface area contributed by atoms with E-state index in [0.29, 0.717) is 4.90 Å². The molecule has 0 spiro atoms. The fourth-order valence-corrected chi connectivity index (χ4v) is 0.811. The van der Waals surface area contributed by atoms with Crippen molar-refractivity contribution in [2.45, 2.75) is 18.9 Å². The molecule has 0 radical (unpaired) electrons. The fourth-order valence-electron chi connectivity index (χ4n) is 0.811. The lowest BCUT2D eigenvalue weighted by molar-refractivity contribution is -0.123. The van der Waals surface area contributed by atoms with Crippen LogP contribution in [0.3, 0.4) is 0 Å². The molecule has 0 unspecified atom stereocenters. The first-order valence-electron chi connectivity index (χ1n) is 3.19. The van der Waals surface area contributed by atoms with Crippen molar-refractivity contribution in [1.82, 2.24) is 4.90 Å². The van der Waals surface area contributed by atoms with Gasteiger partial charge in [0, 0.05) is 6.04 Å². The van der Waals surface area contributed by atoms with Crippen LogP contribution in [-0.4, -0.2) is 28.0 Å². The molecule has 1 rings (SSSR count). The molecule has 1 N–H and O–H groups in total. The van der Waals surface area contributed by atoms with Crippen LogP contribution in [0.15, 0.2) is 0 Å². The Hall–Kier alpha value is -1.50. The Morgan fingerprint density at radius 2 is 2.09 bits per heavy atom. The minimum atomic E-state index is -1.25. The molecule has 4 nitrogen and oxygen atoms in total. The Labute approximate surface area is 63.8 Å². The van der Waals surface area contributed by atoms with Gasteiger partial charge in [0.05, 0.1) is 0 Å². The van der Waals surface area contributed by atoms with Crippen molar-refractivity contribution in [2.24, 2.45) is 0 Å². The van der Waals surface area contributed by atoms with E-state index in [4.69, 9.17) is 11.5 Å². The third-order valence-electron chi connectivity index (χ3n) is 1.46. The molecule has 0 aromatic heterocycles. The van der Waals surface area contributed by atoms with Crippen molar-refractivity contribution in [1.29, 1.82) is 0 Å². The predicted octanol–water partition coefficient (Wildman–Crippen LogP) is 0.289. The second-order valence-electron chi connectivity index (χ2n) is 2.33. The van der Waals surface area contributed by atoms with Gasteiger partial charge in [0.25, 0.3) is 0 Å². The summed E-state index contributed by atoms with van der Waals surface area (Å²) in [7, 11) is 0.